The van der Waals surface area contributed by atoms with Gasteiger partial charge in [-0.3, -0.25) is 9.59 Å². The number of hydrogen-bond donors (Lipinski definition) is 1. The molecule has 0 radical (unpaired) electrons. The molecule has 0 amide bonds. The van der Waals surface area contributed by atoms with Gasteiger partial charge in [0.15, 0.2) is 5.78 Å². The third-order valence-electron chi connectivity index (χ3n) is 3.65. The Morgan fingerprint density at radius 2 is 2.00 bits per heavy atom. The molecule has 104 valence electrons. The molecule has 6 heteroatoms. The van der Waals surface area contributed by atoms with Crippen LogP contribution < -0.4 is 0 Å². The molecule has 0 unspecified atom stereocenters. The van der Waals surface area contributed by atoms with Crippen LogP contribution in [0.4, 0.5) is 0 Å². The van der Waals surface area contributed by atoms with Gasteiger partial charge in [0.25, 0.3) is 0 Å². The molecule has 0 aromatic carbocycles. The van der Waals surface area contributed by atoms with Crippen molar-refractivity contribution in [1.29, 1.82) is 0 Å². The highest BCUT2D eigenvalue weighted by molar-refractivity contribution is 9.10. The first-order chi connectivity index (χ1) is 8.92. The van der Waals surface area contributed by atoms with Crippen molar-refractivity contribution in [2.45, 2.75) is 38.5 Å². The zero-order valence-electron chi connectivity index (χ0n) is 10.2. The maximum Gasteiger partial charge on any atom is 0.303 e. The molecule has 1 aromatic rings. The molecule has 1 aliphatic carbocycles. The van der Waals surface area contributed by atoms with E-state index in [1.54, 1.807) is 6.07 Å². The second-order valence-electron chi connectivity index (χ2n) is 5.11. The summed E-state index contributed by atoms with van der Waals surface area (Å²) in [7, 11) is 0. The largest absolute Gasteiger partial charge is 0.481 e. The molecule has 1 N–H and O–H groups in total. The third kappa shape index (κ3) is 3.58. The fourth-order valence-electron chi connectivity index (χ4n) is 2.77. The molecule has 1 heterocycles. The normalized spacial score (nSPS) is 17.6. The molecule has 0 saturated heterocycles. The minimum absolute atomic E-state index is 0.000694. The Morgan fingerprint density at radius 1 is 1.37 bits per heavy atom. The Labute approximate surface area is 129 Å². The van der Waals surface area contributed by atoms with Crippen LogP contribution in [-0.2, 0) is 4.79 Å². The number of rotatable bonds is 5. The topological polar surface area (TPSA) is 54.4 Å². The van der Waals surface area contributed by atoms with E-state index in [0.29, 0.717) is 15.6 Å². The fourth-order valence-corrected chi connectivity index (χ4v) is 4.41. The maximum atomic E-state index is 12.3. The van der Waals surface area contributed by atoms with Gasteiger partial charge in [0.1, 0.15) is 4.34 Å². The number of carbonyl (C=O) groups excluding carboxylic acids is 1. The van der Waals surface area contributed by atoms with Crippen LogP contribution in [0.1, 0.15) is 48.2 Å². The van der Waals surface area contributed by atoms with Crippen LogP contribution >= 0.6 is 38.9 Å². The number of carboxylic acid groups (broad SMARTS) is 1. The second-order valence-corrected chi connectivity index (χ2v) is 7.62. The zero-order valence-corrected chi connectivity index (χ0v) is 13.4. The Kier molecular flexibility index (Phi) is 4.69. The summed E-state index contributed by atoms with van der Waals surface area (Å²) in [5.41, 5.74) is -0.355. The van der Waals surface area contributed by atoms with Gasteiger partial charge in [0.05, 0.1) is 11.3 Å². The van der Waals surface area contributed by atoms with Crippen molar-refractivity contribution in [3.05, 3.63) is 19.8 Å². The van der Waals surface area contributed by atoms with Gasteiger partial charge in [-0.1, -0.05) is 24.4 Å². The monoisotopic (exact) mass is 364 g/mol. The van der Waals surface area contributed by atoms with Crippen molar-refractivity contribution in [2.75, 3.05) is 0 Å². The van der Waals surface area contributed by atoms with Gasteiger partial charge >= 0.3 is 5.97 Å². The lowest BCUT2D eigenvalue weighted by atomic mass is 9.78. The van der Waals surface area contributed by atoms with Gasteiger partial charge in [0, 0.05) is 10.9 Å². The van der Waals surface area contributed by atoms with E-state index in [1.165, 1.54) is 11.3 Å². The van der Waals surface area contributed by atoms with E-state index in [0.717, 1.165) is 30.2 Å². The van der Waals surface area contributed by atoms with Gasteiger partial charge < -0.3 is 5.11 Å². The van der Waals surface area contributed by atoms with Crippen LogP contribution in [0.3, 0.4) is 0 Å². The molecular weight excluding hydrogens is 352 g/mol. The highest BCUT2D eigenvalue weighted by Crippen LogP contribution is 2.45. The SMILES string of the molecule is O=C(O)CC1(CC(=O)c2cc(Br)c(Cl)s2)CCCC1. The van der Waals surface area contributed by atoms with Crippen LogP contribution in [0.2, 0.25) is 4.34 Å². The molecule has 2 rings (SSSR count). The standard InChI is InChI=1S/C13H14BrClO3S/c14-8-5-10(19-12(8)15)9(16)6-13(7-11(17)18)3-1-2-4-13/h5H,1-4,6-7H2,(H,17,18). The van der Waals surface area contributed by atoms with Crippen LogP contribution in [-0.4, -0.2) is 16.9 Å². The molecule has 1 fully saturated rings. The highest BCUT2D eigenvalue weighted by Gasteiger charge is 2.38. The van der Waals surface area contributed by atoms with Gasteiger partial charge in [0.2, 0.25) is 0 Å². The van der Waals surface area contributed by atoms with E-state index in [2.05, 4.69) is 15.9 Å². The third-order valence-corrected chi connectivity index (χ3v) is 6.16. The summed E-state index contributed by atoms with van der Waals surface area (Å²) >= 11 is 10.5. The first-order valence-electron chi connectivity index (χ1n) is 6.12. The minimum Gasteiger partial charge on any atom is -0.481 e. The number of ketones is 1. The first-order valence-corrected chi connectivity index (χ1v) is 8.10. The van der Waals surface area contributed by atoms with Crippen LogP contribution in [0, 0.1) is 5.41 Å². The Balaban J connectivity index is 2.13. The van der Waals surface area contributed by atoms with E-state index in [1.807, 2.05) is 0 Å². The molecular formula is C13H14BrClO3S. The second kappa shape index (κ2) is 5.94. The van der Waals surface area contributed by atoms with Crippen LogP contribution in [0.5, 0.6) is 0 Å². The van der Waals surface area contributed by atoms with E-state index in [4.69, 9.17) is 16.7 Å². The van der Waals surface area contributed by atoms with E-state index >= 15 is 0 Å². The highest BCUT2D eigenvalue weighted by atomic mass is 79.9. The lowest BCUT2D eigenvalue weighted by Crippen LogP contribution is -2.24. The smallest absolute Gasteiger partial charge is 0.303 e. The Bertz CT molecular complexity index is 486. The Morgan fingerprint density at radius 3 is 2.47 bits per heavy atom. The number of halogens is 2. The van der Waals surface area contributed by atoms with Crippen molar-refractivity contribution >= 4 is 50.6 Å². The predicted molar refractivity (Wildman–Crippen MR) is 79.1 cm³/mol. The number of hydrogen-bond acceptors (Lipinski definition) is 3. The van der Waals surface area contributed by atoms with Crippen molar-refractivity contribution in [2.24, 2.45) is 5.41 Å². The van der Waals surface area contributed by atoms with Crippen molar-refractivity contribution in [3.8, 4) is 0 Å². The Hall–Kier alpha value is -0.390. The quantitative estimate of drug-likeness (QED) is 0.765. The summed E-state index contributed by atoms with van der Waals surface area (Å²) in [5, 5.41) is 9.03. The molecule has 0 bridgehead atoms. The summed E-state index contributed by atoms with van der Waals surface area (Å²) in [5.74, 6) is -0.819. The summed E-state index contributed by atoms with van der Waals surface area (Å²) in [4.78, 5) is 23.9. The molecule has 3 nitrogen and oxygen atoms in total. The summed E-state index contributed by atoms with van der Waals surface area (Å²) in [6.07, 6.45) is 4.06. The van der Waals surface area contributed by atoms with Crippen molar-refractivity contribution in [1.82, 2.24) is 0 Å². The van der Waals surface area contributed by atoms with Crippen LogP contribution in [0.25, 0.3) is 0 Å². The van der Waals surface area contributed by atoms with Crippen molar-refractivity contribution in [3.63, 3.8) is 0 Å². The molecule has 0 atom stereocenters. The molecule has 1 saturated carbocycles. The number of thiophene rings is 1. The van der Waals surface area contributed by atoms with Crippen molar-refractivity contribution < 1.29 is 14.7 Å². The van der Waals surface area contributed by atoms with Gasteiger partial charge in [-0.25, -0.2) is 0 Å². The predicted octanol–water partition coefficient (Wildman–Crippen LogP) is 4.77. The molecule has 0 aliphatic heterocycles. The first kappa shape index (κ1) is 15.0. The lowest BCUT2D eigenvalue weighted by Gasteiger charge is -2.25. The van der Waals surface area contributed by atoms with E-state index in [9.17, 15) is 9.59 Å². The zero-order chi connectivity index (χ0) is 14.0. The number of aliphatic carboxylic acids is 1. The fraction of sp³-hybridized carbons (Fsp3) is 0.538. The van der Waals surface area contributed by atoms with Gasteiger partial charge in [-0.2, -0.15) is 0 Å². The number of carboxylic acids is 1. The molecule has 1 aromatic heterocycles. The van der Waals surface area contributed by atoms with E-state index in [-0.39, 0.29) is 17.6 Å². The summed E-state index contributed by atoms with van der Waals surface area (Å²) < 4.78 is 1.28. The average molecular weight is 366 g/mol. The van der Waals surface area contributed by atoms with Gasteiger partial charge in [-0.05, 0) is 40.3 Å². The minimum atomic E-state index is -0.819. The number of carbonyl (C=O) groups is 2. The molecule has 0 spiro atoms. The average Bonchev–Trinajstić information content (AvgIpc) is 2.87. The van der Waals surface area contributed by atoms with Gasteiger partial charge in [-0.15, -0.1) is 11.3 Å². The summed E-state index contributed by atoms with van der Waals surface area (Å²) in [6, 6.07) is 1.72. The molecule has 19 heavy (non-hydrogen) atoms. The molecule has 1 aliphatic rings. The number of Topliss-reactive ketones (excluding diaryl/α,β-unsaturated/α-hetero) is 1. The lowest BCUT2D eigenvalue weighted by molar-refractivity contribution is -0.139. The maximum absolute atomic E-state index is 12.3. The van der Waals surface area contributed by atoms with Crippen LogP contribution in [0.15, 0.2) is 10.5 Å². The summed E-state index contributed by atoms with van der Waals surface area (Å²) in [6.45, 7) is 0. The van der Waals surface area contributed by atoms with E-state index < -0.39 is 5.97 Å².